The van der Waals surface area contributed by atoms with Crippen LogP contribution in [0.2, 0.25) is 0 Å². The molecule has 2 rings (SSSR count). The summed E-state index contributed by atoms with van der Waals surface area (Å²) < 4.78 is 7.00. The molecule has 0 radical (unpaired) electrons. The van der Waals surface area contributed by atoms with Crippen molar-refractivity contribution in [2.24, 2.45) is 0 Å². The van der Waals surface area contributed by atoms with Crippen molar-refractivity contribution < 1.29 is 4.52 Å². The summed E-state index contributed by atoms with van der Waals surface area (Å²) in [5, 5.41) is 11.2. The van der Waals surface area contributed by atoms with E-state index in [1.807, 2.05) is 27.7 Å². The maximum Gasteiger partial charge on any atom is 0.343 e. The molecule has 0 bridgehead atoms. The van der Waals surface area contributed by atoms with Crippen molar-refractivity contribution >= 4 is 11.8 Å². The Bertz CT molecular complexity index is 667. The monoisotopic (exact) mass is 325 g/mol. The molecule has 1 atom stereocenters. The Hall–Kier alpha value is -1.57. The van der Waals surface area contributed by atoms with E-state index < -0.39 is 0 Å². The third kappa shape index (κ3) is 3.79. The molecular formula is C14H23N5O2S. The summed E-state index contributed by atoms with van der Waals surface area (Å²) >= 11 is 1.44. The van der Waals surface area contributed by atoms with Gasteiger partial charge in [-0.2, -0.15) is 4.98 Å². The summed E-state index contributed by atoms with van der Waals surface area (Å²) in [5.74, 6) is 1.23. The summed E-state index contributed by atoms with van der Waals surface area (Å²) in [6.45, 7) is 10.8. The lowest BCUT2D eigenvalue weighted by Crippen LogP contribution is -2.17. The quantitative estimate of drug-likeness (QED) is 0.821. The zero-order valence-electron chi connectivity index (χ0n) is 13.7. The highest BCUT2D eigenvalue weighted by Gasteiger charge is 2.24. The van der Waals surface area contributed by atoms with Crippen LogP contribution in [-0.4, -0.2) is 24.9 Å². The van der Waals surface area contributed by atoms with Gasteiger partial charge in [-0.15, -0.1) is 5.10 Å². The van der Waals surface area contributed by atoms with Crippen LogP contribution in [0.25, 0.3) is 0 Å². The highest BCUT2D eigenvalue weighted by atomic mass is 32.2. The van der Waals surface area contributed by atoms with Crippen molar-refractivity contribution in [3.05, 3.63) is 22.2 Å². The second-order valence-corrected chi connectivity index (χ2v) is 7.59. The van der Waals surface area contributed by atoms with Crippen molar-refractivity contribution in [2.45, 2.75) is 69.8 Å². The minimum Gasteiger partial charge on any atom is -0.338 e. The fraction of sp³-hybridized carbons (Fsp3) is 0.714. The normalized spacial score (nSPS) is 13.5. The van der Waals surface area contributed by atoms with Crippen LogP contribution in [-0.2, 0) is 12.0 Å². The first-order valence-electron chi connectivity index (χ1n) is 7.49. The van der Waals surface area contributed by atoms with Crippen LogP contribution in [0.5, 0.6) is 0 Å². The van der Waals surface area contributed by atoms with Crippen LogP contribution in [0.1, 0.15) is 64.4 Å². The van der Waals surface area contributed by atoms with Gasteiger partial charge in [-0.05, 0) is 13.3 Å². The number of aromatic nitrogens is 5. The zero-order chi connectivity index (χ0) is 16.3. The molecule has 8 heteroatoms. The molecule has 0 fully saturated rings. The summed E-state index contributed by atoms with van der Waals surface area (Å²) in [7, 11) is 0. The highest BCUT2D eigenvalue weighted by molar-refractivity contribution is 7.99. The van der Waals surface area contributed by atoms with Gasteiger partial charge in [-0.1, -0.05) is 51.0 Å². The largest absolute Gasteiger partial charge is 0.343 e. The first-order valence-corrected chi connectivity index (χ1v) is 8.36. The van der Waals surface area contributed by atoms with Crippen LogP contribution in [0.15, 0.2) is 14.5 Å². The van der Waals surface area contributed by atoms with E-state index in [-0.39, 0.29) is 16.4 Å². The number of H-pyrrole nitrogens is 1. The van der Waals surface area contributed by atoms with Crippen LogP contribution < -0.4 is 5.69 Å². The second-order valence-electron chi connectivity index (χ2n) is 6.28. The van der Waals surface area contributed by atoms with Gasteiger partial charge in [0.1, 0.15) is 0 Å². The fourth-order valence-electron chi connectivity index (χ4n) is 1.82. The number of nitrogens with one attached hydrogen (secondary N) is 1. The number of rotatable bonds is 6. The number of aromatic amines is 1. The fourth-order valence-corrected chi connectivity index (χ4v) is 2.73. The van der Waals surface area contributed by atoms with E-state index >= 15 is 0 Å². The van der Waals surface area contributed by atoms with Gasteiger partial charge in [0.05, 0.1) is 5.25 Å². The van der Waals surface area contributed by atoms with E-state index in [4.69, 9.17) is 4.52 Å². The van der Waals surface area contributed by atoms with Crippen molar-refractivity contribution in [2.75, 3.05) is 0 Å². The Morgan fingerprint density at radius 3 is 2.73 bits per heavy atom. The summed E-state index contributed by atoms with van der Waals surface area (Å²) in [6, 6.07) is 0. The Labute approximate surface area is 133 Å². The molecule has 0 aliphatic rings. The first-order chi connectivity index (χ1) is 10.3. The Kier molecular flexibility index (Phi) is 5.10. The molecule has 0 saturated carbocycles. The maximum absolute atomic E-state index is 11.8. The average molecular weight is 325 g/mol. The van der Waals surface area contributed by atoms with Crippen molar-refractivity contribution in [1.82, 2.24) is 24.9 Å². The molecule has 2 heterocycles. The molecule has 0 aliphatic carbocycles. The second kappa shape index (κ2) is 6.68. The minimum atomic E-state index is -0.177. The molecule has 1 unspecified atom stereocenters. The van der Waals surface area contributed by atoms with E-state index in [1.165, 1.54) is 11.8 Å². The predicted molar refractivity (Wildman–Crippen MR) is 85.0 cm³/mol. The van der Waals surface area contributed by atoms with Gasteiger partial charge >= 0.3 is 5.69 Å². The summed E-state index contributed by atoms with van der Waals surface area (Å²) in [5.41, 5.74) is -0.328. The zero-order valence-corrected chi connectivity index (χ0v) is 14.5. The summed E-state index contributed by atoms with van der Waals surface area (Å²) in [6.07, 6.45) is 1.96. The van der Waals surface area contributed by atoms with Gasteiger partial charge in [0, 0.05) is 12.0 Å². The van der Waals surface area contributed by atoms with Gasteiger partial charge in [-0.25, -0.2) is 9.89 Å². The molecular weight excluding hydrogens is 302 g/mol. The van der Waals surface area contributed by atoms with Gasteiger partial charge in [-0.3, -0.25) is 4.57 Å². The lowest BCUT2D eigenvalue weighted by atomic mass is 9.96. The molecule has 7 nitrogen and oxygen atoms in total. The summed E-state index contributed by atoms with van der Waals surface area (Å²) in [4.78, 5) is 16.2. The number of hydrogen-bond donors (Lipinski definition) is 1. The predicted octanol–water partition coefficient (Wildman–Crippen LogP) is 2.91. The van der Waals surface area contributed by atoms with Crippen molar-refractivity contribution in [3.63, 3.8) is 0 Å². The third-order valence-corrected chi connectivity index (χ3v) is 4.28. The van der Waals surface area contributed by atoms with Gasteiger partial charge in [0.25, 0.3) is 0 Å². The Morgan fingerprint density at radius 1 is 1.41 bits per heavy atom. The topological polar surface area (TPSA) is 89.6 Å². The van der Waals surface area contributed by atoms with Crippen LogP contribution in [0, 0.1) is 0 Å². The van der Waals surface area contributed by atoms with Crippen molar-refractivity contribution in [1.29, 1.82) is 0 Å². The van der Waals surface area contributed by atoms with E-state index in [0.29, 0.717) is 23.4 Å². The molecule has 0 amide bonds. The van der Waals surface area contributed by atoms with E-state index in [2.05, 4.69) is 27.3 Å². The Morgan fingerprint density at radius 2 is 2.14 bits per heavy atom. The minimum absolute atomic E-state index is 0.0702. The maximum atomic E-state index is 11.8. The standard InChI is InChI=1S/C14H23N5O2S/c1-6-7-8-19-12(20)16-17-13(19)22-9(2)10-15-11(18-21-10)14(3,4)5/h9H,6-8H2,1-5H3,(H,16,20). The van der Waals surface area contributed by atoms with E-state index in [0.717, 1.165) is 12.8 Å². The van der Waals surface area contributed by atoms with Crippen LogP contribution in [0.3, 0.4) is 0 Å². The number of thioether (sulfide) groups is 1. The Balaban J connectivity index is 2.14. The molecule has 0 aromatic carbocycles. The molecule has 0 saturated heterocycles. The van der Waals surface area contributed by atoms with Crippen molar-refractivity contribution in [3.8, 4) is 0 Å². The molecule has 0 aliphatic heterocycles. The van der Waals surface area contributed by atoms with Gasteiger partial charge in [0.15, 0.2) is 11.0 Å². The molecule has 122 valence electrons. The van der Waals surface area contributed by atoms with Gasteiger partial charge in [0.2, 0.25) is 5.89 Å². The van der Waals surface area contributed by atoms with E-state index in [1.54, 1.807) is 4.57 Å². The molecule has 2 aromatic rings. The lowest BCUT2D eigenvalue weighted by molar-refractivity contribution is 0.364. The van der Waals surface area contributed by atoms with Gasteiger partial charge < -0.3 is 4.52 Å². The number of unbranched alkanes of at least 4 members (excludes halogenated alkanes) is 1. The van der Waals surface area contributed by atoms with E-state index in [9.17, 15) is 4.79 Å². The number of nitrogens with zero attached hydrogens (tertiary/aromatic N) is 4. The molecule has 22 heavy (non-hydrogen) atoms. The first kappa shape index (κ1) is 16.8. The average Bonchev–Trinajstić information content (AvgIpc) is 3.04. The van der Waals surface area contributed by atoms with Crippen LogP contribution >= 0.6 is 11.8 Å². The van der Waals surface area contributed by atoms with Crippen LogP contribution in [0.4, 0.5) is 0 Å². The third-order valence-electron chi connectivity index (χ3n) is 3.20. The smallest absolute Gasteiger partial charge is 0.338 e. The number of hydrogen-bond acceptors (Lipinski definition) is 6. The molecule has 2 aromatic heterocycles. The molecule has 1 N–H and O–H groups in total. The SMILES string of the molecule is CCCCn1c(SC(C)c2nc(C(C)(C)C)no2)n[nH]c1=O. The molecule has 0 spiro atoms. The lowest BCUT2D eigenvalue weighted by Gasteiger charge is -2.11. The highest BCUT2D eigenvalue weighted by Crippen LogP contribution is 2.33.